The molecule has 8 nitrogen and oxygen atoms in total. The van der Waals surface area contributed by atoms with Gasteiger partial charge in [0.25, 0.3) is 11.5 Å². The summed E-state index contributed by atoms with van der Waals surface area (Å²) >= 11 is 1.48. The summed E-state index contributed by atoms with van der Waals surface area (Å²) in [6.07, 6.45) is 1.06. The van der Waals surface area contributed by atoms with Crippen LogP contribution < -0.4 is 5.32 Å². The van der Waals surface area contributed by atoms with Crippen LogP contribution in [0.25, 0.3) is 10.4 Å². The molecule has 0 amide bonds. The molecule has 0 spiro atoms. The maximum Gasteiger partial charge on any atom is 0.350 e. The lowest BCUT2D eigenvalue weighted by atomic mass is 10.1. The number of hydrogen-bond acceptors (Lipinski definition) is 8. The molecule has 1 aliphatic heterocycles. The Kier molecular flexibility index (Phi) is 4.47. The van der Waals surface area contributed by atoms with Crippen LogP contribution in [-0.4, -0.2) is 22.6 Å². The summed E-state index contributed by atoms with van der Waals surface area (Å²) < 4.78 is 9.97. The third-order valence-corrected chi connectivity index (χ3v) is 4.41. The largest absolute Gasteiger partial charge is 0.419 e. The van der Waals surface area contributed by atoms with Crippen LogP contribution in [-0.2, 0) is 19.1 Å². The average Bonchev–Trinajstić information content (AvgIpc) is 3.07. The van der Waals surface area contributed by atoms with E-state index >= 15 is 0 Å². The zero-order valence-electron chi connectivity index (χ0n) is 13.8. The molecule has 3 rings (SSSR count). The molecule has 134 valence electrons. The van der Waals surface area contributed by atoms with Gasteiger partial charge in [-0.2, -0.15) is 0 Å². The number of hydrogen-bond donors (Lipinski definition) is 1. The first-order valence-electron chi connectivity index (χ1n) is 7.52. The van der Waals surface area contributed by atoms with Crippen LogP contribution in [0.1, 0.15) is 13.8 Å². The lowest BCUT2D eigenvalue weighted by molar-refractivity contribution is -0.383. The molecule has 26 heavy (non-hydrogen) atoms. The number of carbonyl (C=O) groups is 2. The molecule has 9 heteroatoms. The molecule has 1 aliphatic rings. The van der Waals surface area contributed by atoms with Gasteiger partial charge in [0.15, 0.2) is 5.57 Å². The van der Waals surface area contributed by atoms with Crippen molar-refractivity contribution in [2.45, 2.75) is 19.6 Å². The zero-order chi connectivity index (χ0) is 18.9. The van der Waals surface area contributed by atoms with E-state index in [1.807, 2.05) is 17.5 Å². The van der Waals surface area contributed by atoms with Gasteiger partial charge in [0.05, 0.1) is 4.92 Å². The van der Waals surface area contributed by atoms with Crippen molar-refractivity contribution in [3.8, 4) is 10.4 Å². The van der Waals surface area contributed by atoms with Gasteiger partial charge in [0, 0.05) is 31.0 Å². The molecule has 1 saturated heterocycles. The lowest BCUT2D eigenvalue weighted by Crippen LogP contribution is -2.42. The van der Waals surface area contributed by atoms with E-state index in [9.17, 15) is 19.7 Å². The summed E-state index contributed by atoms with van der Waals surface area (Å²) in [5, 5.41) is 15.8. The smallest absolute Gasteiger partial charge is 0.350 e. The van der Waals surface area contributed by atoms with E-state index in [2.05, 4.69) is 5.32 Å². The molecule has 1 fully saturated rings. The van der Waals surface area contributed by atoms with Crippen LogP contribution in [0.4, 0.5) is 11.4 Å². The van der Waals surface area contributed by atoms with Crippen LogP contribution in [0, 0.1) is 10.1 Å². The summed E-state index contributed by atoms with van der Waals surface area (Å²) in [7, 11) is 0. The van der Waals surface area contributed by atoms with E-state index in [1.165, 1.54) is 31.3 Å². The zero-order valence-corrected chi connectivity index (χ0v) is 14.7. The molecule has 1 aromatic carbocycles. The number of benzene rings is 1. The van der Waals surface area contributed by atoms with Gasteiger partial charge in [-0.15, -0.1) is 11.3 Å². The molecule has 0 unspecified atom stereocenters. The fourth-order valence-electron chi connectivity index (χ4n) is 2.34. The molecule has 0 radical (unpaired) electrons. The SMILES string of the molecule is CC1(C)OC(=O)C(=CNc2cc(-c3cccs3)ccc2[N+](=O)[O-])C(=O)O1. The van der Waals surface area contributed by atoms with Crippen molar-refractivity contribution in [1.29, 1.82) is 0 Å². The van der Waals surface area contributed by atoms with E-state index in [1.54, 1.807) is 12.1 Å². The number of ether oxygens (including phenoxy) is 2. The van der Waals surface area contributed by atoms with Gasteiger partial charge >= 0.3 is 11.9 Å². The maximum absolute atomic E-state index is 12.0. The quantitative estimate of drug-likeness (QED) is 0.287. The van der Waals surface area contributed by atoms with Crippen LogP contribution >= 0.6 is 11.3 Å². The predicted molar refractivity (Wildman–Crippen MR) is 94.4 cm³/mol. The van der Waals surface area contributed by atoms with E-state index in [0.29, 0.717) is 0 Å². The Morgan fingerprint density at radius 2 is 1.88 bits per heavy atom. The van der Waals surface area contributed by atoms with E-state index in [4.69, 9.17) is 9.47 Å². The number of nitro groups is 1. The predicted octanol–water partition coefficient (Wildman–Crippen LogP) is 3.46. The average molecular weight is 374 g/mol. The van der Waals surface area contributed by atoms with Crippen LogP contribution in [0.5, 0.6) is 0 Å². The molecule has 2 aromatic rings. The number of rotatable bonds is 4. The van der Waals surface area contributed by atoms with Crippen molar-refractivity contribution in [3.63, 3.8) is 0 Å². The van der Waals surface area contributed by atoms with Crippen molar-refractivity contribution in [2.75, 3.05) is 5.32 Å². The first-order valence-corrected chi connectivity index (χ1v) is 8.40. The number of carbonyl (C=O) groups excluding carboxylic acids is 2. The Labute approximate surface area is 152 Å². The molecule has 0 aliphatic carbocycles. The van der Waals surface area contributed by atoms with Gasteiger partial charge in [-0.3, -0.25) is 10.1 Å². The number of nitrogens with zero attached hydrogens (tertiary/aromatic N) is 1. The van der Waals surface area contributed by atoms with Crippen LogP contribution in [0.2, 0.25) is 0 Å². The van der Waals surface area contributed by atoms with Gasteiger partial charge in [0.1, 0.15) is 5.69 Å². The van der Waals surface area contributed by atoms with Gasteiger partial charge in [0.2, 0.25) is 0 Å². The molecule has 0 saturated carbocycles. The third kappa shape index (κ3) is 3.57. The molecule has 2 heterocycles. The topological polar surface area (TPSA) is 108 Å². The standard InChI is InChI=1S/C17H14N2O6S/c1-17(2)24-15(20)11(16(21)25-17)9-18-12-8-10(14-4-3-7-26-14)5-6-13(12)19(22)23/h3-9,18H,1-2H3. The number of anilines is 1. The fraction of sp³-hybridized carbons (Fsp3) is 0.176. The molecule has 0 atom stereocenters. The summed E-state index contributed by atoms with van der Waals surface area (Å²) in [6.45, 7) is 2.87. The minimum absolute atomic E-state index is 0.138. The highest BCUT2D eigenvalue weighted by Gasteiger charge is 2.39. The Hall–Kier alpha value is -3.20. The van der Waals surface area contributed by atoms with Crippen molar-refractivity contribution >= 4 is 34.7 Å². The summed E-state index contributed by atoms with van der Waals surface area (Å²) in [6, 6.07) is 8.31. The fourth-order valence-corrected chi connectivity index (χ4v) is 3.06. The molecule has 0 bridgehead atoms. The van der Waals surface area contributed by atoms with Gasteiger partial charge < -0.3 is 14.8 Å². The number of esters is 2. The first-order chi connectivity index (χ1) is 12.3. The molecular weight excluding hydrogens is 360 g/mol. The second kappa shape index (κ2) is 6.60. The Balaban J connectivity index is 1.93. The van der Waals surface area contributed by atoms with Gasteiger partial charge in [-0.25, -0.2) is 9.59 Å². The monoisotopic (exact) mass is 374 g/mol. The van der Waals surface area contributed by atoms with Crippen molar-refractivity contribution in [2.24, 2.45) is 0 Å². The Morgan fingerprint density at radius 1 is 1.19 bits per heavy atom. The molecular formula is C17H14N2O6S. The van der Waals surface area contributed by atoms with E-state index < -0.39 is 22.6 Å². The van der Waals surface area contributed by atoms with Crippen molar-refractivity contribution < 1.29 is 24.0 Å². The highest BCUT2D eigenvalue weighted by molar-refractivity contribution is 7.13. The van der Waals surface area contributed by atoms with Gasteiger partial charge in [-0.1, -0.05) is 6.07 Å². The normalized spacial score (nSPS) is 15.8. The van der Waals surface area contributed by atoms with Crippen molar-refractivity contribution in [1.82, 2.24) is 0 Å². The highest BCUT2D eigenvalue weighted by atomic mass is 32.1. The second-order valence-corrected chi connectivity index (χ2v) is 6.80. The number of nitrogens with one attached hydrogen (secondary N) is 1. The highest BCUT2D eigenvalue weighted by Crippen LogP contribution is 2.33. The lowest BCUT2D eigenvalue weighted by Gasteiger charge is -2.29. The molecule has 1 N–H and O–H groups in total. The number of cyclic esters (lactones) is 2. The maximum atomic E-state index is 12.0. The van der Waals surface area contributed by atoms with E-state index in [-0.39, 0.29) is 16.9 Å². The summed E-state index contributed by atoms with van der Waals surface area (Å²) in [5.74, 6) is -3.08. The summed E-state index contributed by atoms with van der Waals surface area (Å²) in [4.78, 5) is 35.5. The Morgan fingerprint density at radius 3 is 2.46 bits per heavy atom. The van der Waals surface area contributed by atoms with E-state index in [0.717, 1.165) is 16.6 Å². The molecule has 1 aromatic heterocycles. The van der Waals surface area contributed by atoms with Crippen molar-refractivity contribution in [3.05, 3.63) is 57.6 Å². The second-order valence-electron chi connectivity index (χ2n) is 5.85. The number of thiophene rings is 1. The summed E-state index contributed by atoms with van der Waals surface area (Å²) in [5.41, 5.74) is 0.334. The first kappa shape index (κ1) is 17.6. The minimum Gasteiger partial charge on any atom is -0.419 e. The van der Waals surface area contributed by atoms with Gasteiger partial charge in [-0.05, 0) is 29.1 Å². The number of nitro benzene ring substituents is 1. The van der Waals surface area contributed by atoms with Crippen LogP contribution in [0.3, 0.4) is 0 Å². The third-order valence-electron chi connectivity index (χ3n) is 3.49. The minimum atomic E-state index is -1.35. The Bertz CT molecular complexity index is 895. The van der Waals surface area contributed by atoms with Crippen LogP contribution in [0.15, 0.2) is 47.5 Å².